The quantitative estimate of drug-likeness (QED) is 0.710. The topological polar surface area (TPSA) is 25.2 Å². The summed E-state index contributed by atoms with van der Waals surface area (Å²) in [5.41, 5.74) is 4.35. The highest BCUT2D eigenvalue weighted by Crippen LogP contribution is 2.28. The van der Waals surface area contributed by atoms with Gasteiger partial charge in [0.05, 0.1) is 5.69 Å². The monoisotopic (exact) mass is 327 g/mol. The van der Waals surface area contributed by atoms with Gasteiger partial charge in [-0.25, -0.2) is 0 Å². The van der Waals surface area contributed by atoms with Crippen molar-refractivity contribution in [3.63, 3.8) is 0 Å². The van der Waals surface area contributed by atoms with Crippen LogP contribution < -0.4 is 0 Å². The second-order valence-electron chi connectivity index (χ2n) is 4.72. The number of nitrogens with zero attached hydrogens (tertiary/aromatic N) is 1. The van der Waals surface area contributed by atoms with Crippen molar-refractivity contribution in [1.29, 1.82) is 0 Å². The summed E-state index contributed by atoms with van der Waals surface area (Å²) in [6.07, 6.45) is 0. The van der Waals surface area contributed by atoms with Crippen molar-refractivity contribution in [2.45, 2.75) is 6.92 Å². The Morgan fingerprint density at radius 3 is 2.40 bits per heavy atom. The van der Waals surface area contributed by atoms with Crippen LogP contribution in [0.3, 0.4) is 0 Å². The van der Waals surface area contributed by atoms with E-state index < -0.39 is 0 Å². The predicted molar refractivity (Wildman–Crippen MR) is 85.3 cm³/mol. The molecule has 0 saturated heterocycles. The highest BCUT2D eigenvalue weighted by atomic mass is 79.9. The van der Waals surface area contributed by atoms with Gasteiger partial charge in [0.25, 0.3) is 0 Å². The zero-order valence-corrected chi connectivity index (χ0v) is 12.6. The molecule has 3 heteroatoms. The minimum Gasteiger partial charge on any atom is -0.508 e. The molecule has 0 spiro atoms. The number of phenols is 1. The minimum absolute atomic E-state index is 0.275. The first-order chi connectivity index (χ1) is 9.65. The van der Waals surface area contributed by atoms with Gasteiger partial charge in [0, 0.05) is 21.9 Å². The van der Waals surface area contributed by atoms with Gasteiger partial charge in [0.2, 0.25) is 0 Å². The van der Waals surface area contributed by atoms with Crippen molar-refractivity contribution in [3.05, 3.63) is 70.8 Å². The van der Waals surface area contributed by atoms with Crippen LogP contribution in [0.2, 0.25) is 0 Å². The Bertz CT molecular complexity index is 744. The molecule has 0 saturated carbocycles. The van der Waals surface area contributed by atoms with Crippen molar-refractivity contribution >= 4 is 15.9 Å². The van der Waals surface area contributed by atoms with E-state index in [1.54, 1.807) is 12.1 Å². The number of hydrogen-bond acceptors (Lipinski definition) is 1. The Hall–Kier alpha value is -2.00. The smallest absolute Gasteiger partial charge is 0.117 e. The van der Waals surface area contributed by atoms with Crippen LogP contribution in [0.5, 0.6) is 5.75 Å². The summed E-state index contributed by atoms with van der Waals surface area (Å²) in [4.78, 5) is 0. The summed E-state index contributed by atoms with van der Waals surface area (Å²) >= 11 is 3.46. The summed E-state index contributed by atoms with van der Waals surface area (Å²) in [6, 6.07) is 19.7. The van der Waals surface area contributed by atoms with Crippen LogP contribution in [0.4, 0.5) is 0 Å². The molecule has 0 aliphatic rings. The number of phenolic OH excluding ortho intramolecular Hbond substituents is 1. The molecule has 1 heterocycles. The fourth-order valence-electron chi connectivity index (χ4n) is 2.36. The Kier molecular flexibility index (Phi) is 3.36. The maximum atomic E-state index is 9.68. The third-order valence-corrected chi connectivity index (χ3v) is 3.83. The Balaban J connectivity index is 2.17. The summed E-state index contributed by atoms with van der Waals surface area (Å²) in [5.74, 6) is 0.275. The van der Waals surface area contributed by atoms with E-state index in [0.29, 0.717) is 0 Å². The Morgan fingerprint density at radius 1 is 0.950 bits per heavy atom. The molecule has 0 amide bonds. The van der Waals surface area contributed by atoms with Gasteiger partial charge in [0.1, 0.15) is 5.75 Å². The first-order valence-corrected chi connectivity index (χ1v) is 7.18. The third kappa shape index (κ3) is 2.37. The van der Waals surface area contributed by atoms with E-state index in [9.17, 15) is 5.11 Å². The fraction of sp³-hybridized carbons (Fsp3) is 0.0588. The van der Waals surface area contributed by atoms with Gasteiger partial charge in [-0.2, -0.15) is 0 Å². The molecule has 20 heavy (non-hydrogen) atoms. The van der Waals surface area contributed by atoms with Gasteiger partial charge >= 0.3 is 0 Å². The number of aromatic hydroxyl groups is 1. The van der Waals surface area contributed by atoms with Gasteiger partial charge in [-0.05, 0) is 48.9 Å². The van der Waals surface area contributed by atoms with Gasteiger partial charge in [-0.15, -0.1) is 0 Å². The molecule has 1 N–H and O–H groups in total. The number of rotatable bonds is 2. The molecule has 0 atom stereocenters. The zero-order valence-electron chi connectivity index (χ0n) is 11.0. The molecule has 3 rings (SSSR count). The molecule has 0 aliphatic heterocycles. The van der Waals surface area contributed by atoms with E-state index in [4.69, 9.17) is 0 Å². The maximum absolute atomic E-state index is 9.68. The van der Waals surface area contributed by atoms with Crippen molar-refractivity contribution in [3.8, 4) is 22.7 Å². The molecule has 2 nitrogen and oxygen atoms in total. The van der Waals surface area contributed by atoms with Crippen LogP contribution in [-0.4, -0.2) is 9.67 Å². The van der Waals surface area contributed by atoms with Crippen LogP contribution >= 0.6 is 15.9 Å². The fourth-order valence-corrected chi connectivity index (χ4v) is 2.62. The highest BCUT2D eigenvalue weighted by Gasteiger charge is 2.09. The van der Waals surface area contributed by atoms with E-state index in [2.05, 4.69) is 51.7 Å². The normalized spacial score (nSPS) is 10.7. The third-order valence-electron chi connectivity index (χ3n) is 3.30. The van der Waals surface area contributed by atoms with Crippen molar-refractivity contribution in [1.82, 2.24) is 4.57 Å². The van der Waals surface area contributed by atoms with Gasteiger partial charge in [0.15, 0.2) is 0 Å². The molecule has 0 fully saturated rings. The minimum atomic E-state index is 0.275. The van der Waals surface area contributed by atoms with E-state index in [0.717, 1.165) is 27.1 Å². The summed E-state index contributed by atoms with van der Waals surface area (Å²) in [7, 11) is 0. The SMILES string of the molecule is Cc1ccc(-c2ccc(Br)cc2)n1-c1cccc(O)c1. The van der Waals surface area contributed by atoms with Crippen LogP contribution in [0.25, 0.3) is 16.9 Å². The van der Waals surface area contributed by atoms with E-state index >= 15 is 0 Å². The number of halogens is 1. The summed E-state index contributed by atoms with van der Waals surface area (Å²) in [6.45, 7) is 2.06. The number of aryl methyl sites for hydroxylation is 1. The first kappa shape index (κ1) is 13.0. The van der Waals surface area contributed by atoms with Crippen LogP contribution in [0.15, 0.2) is 65.1 Å². The van der Waals surface area contributed by atoms with E-state index in [-0.39, 0.29) is 5.75 Å². The molecule has 100 valence electrons. The first-order valence-electron chi connectivity index (χ1n) is 6.39. The largest absolute Gasteiger partial charge is 0.508 e. The zero-order chi connectivity index (χ0) is 14.1. The number of hydrogen-bond donors (Lipinski definition) is 1. The van der Waals surface area contributed by atoms with Gasteiger partial charge < -0.3 is 9.67 Å². The molecule has 0 aliphatic carbocycles. The van der Waals surface area contributed by atoms with Crippen LogP contribution in [0.1, 0.15) is 5.69 Å². The number of aromatic nitrogens is 1. The molecule has 3 aromatic rings. The highest BCUT2D eigenvalue weighted by molar-refractivity contribution is 9.10. The lowest BCUT2D eigenvalue weighted by Gasteiger charge is -2.12. The van der Waals surface area contributed by atoms with Crippen LogP contribution in [0, 0.1) is 6.92 Å². The number of benzene rings is 2. The van der Waals surface area contributed by atoms with E-state index in [1.165, 1.54) is 0 Å². The van der Waals surface area contributed by atoms with Gasteiger partial charge in [-0.3, -0.25) is 0 Å². The molecule has 0 bridgehead atoms. The summed E-state index contributed by atoms with van der Waals surface area (Å²) < 4.78 is 3.21. The molecule has 0 radical (unpaired) electrons. The molecular weight excluding hydrogens is 314 g/mol. The second kappa shape index (κ2) is 5.17. The average molecular weight is 328 g/mol. The Morgan fingerprint density at radius 2 is 1.70 bits per heavy atom. The second-order valence-corrected chi connectivity index (χ2v) is 5.64. The standard InChI is InChI=1S/C17H14BrNO/c1-12-5-10-17(13-6-8-14(18)9-7-13)19(12)15-3-2-4-16(20)11-15/h2-11,20H,1H3. The lowest BCUT2D eigenvalue weighted by Crippen LogP contribution is -1.98. The lowest BCUT2D eigenvalue weighted by atomic mass is 10.1. The Labute approximate surface area is 126 Å². The van der Waals surface area contributed by atoms with Crippen molar-refractivity contribution < 1.29 is 5.11 Å². The van der Waals surface area contributed by atoms with Crippen molar-refractivity contribution in [2.75, 3.05) is 0 Å². The van der Waals surface area contributed by atoms with Crippen molar-refractivity contribution in [2.24, 2.45) is 0 Å². The van der Waals surface area contributed by atoms with Gasteiger partial charge in [-0.1, -0.05) is 34.1 Å². The average Bonchev–Trinajstić information content (AvgIpc) is 2.81. The lowest BCUT2D eigenvalue weighted by molar-refractivity contribution is 0.475. The molecule has 2 aromatic carbocycles. The maximum Gasteiger partial charge on any atom is 0.117 e. The molecule has 1 aromatic heterocycles. The predicted octanol–water partition coefficient (Wildman–Crippen LogP) is 4.92. The summed E-state index contributed by atoms with van der Waals surface area (Å²) in [5, 5.41) is 9.68. The van der Waals surface area contributed by atoms with Crippen LogP contribution in [-0.2, 0) is 0 Å². The molecule has 0 unspecified atom stereocenters. The molecular formula is C17H14BrNO. The van der Waals surface area contributed by atoms with E-state index in [1.807, 2.05) is 24.3 Å².